The molecule has 0 aliphatic heterocycles. The smallest absolute Gasteiger partial charge is 0.334 e. The Bertz CT molecular complexity index is 452. The summed E-state index contributed by atoms with van der Waals surface area (Å²) in [5.41, 5.74) is 0.222. The van der Waals surface area contributed by atoms with Crippen LogP contribution in [0.25, 0.3) is 0 Å². The summed E-state index contributed by atoms with van der Waals surface area (Å²) < 4.78 is 3.72. The van der Waals surface area contributed by atoms with Crippen LogP contribution in [-0.2, 0) is 10.2 Å². The largest absolute Gasteiger partial charge is 0.479 e. The number of hydrogen-bond acceptors (Lipinski definition) is 6. The molecule has 1 unspecified atom stereocenters. The minimum Gasteiger partial charge on any atom is -0.479 e. The zero-order chi connectivity index (χ0) is 13.9. The van der Waals surface area contributed by atoms with E-state index in [9.17, 15) is 9.59 Å². The molecule has 100 valence electrons. The molecule has 0 saturated carbocycles. The van der Waals surface area contributed by atoms with E-state index in [2.05, 4.69) is 14.9 Å². The van der Waals surface area contributed by atoms with Crippen LogP contribution in [0, 0.1) is 0 Å². The van der Waals surface area contributed by atoms with Crippen LogP contribution in [0.2, 0.25) is 0 Å². The average Bonchev–Trinajstić information content (AvgIpc) is 2.73. The van der Waals surface area contributed by atoms with Crippen molar-refractivity contribution in [3.8, 4) is 0 Å². The van der Waals surface area contributed by atoms with E-state index >= 15 is 0 Å². The van der Waals surface area contributed by atoms with Gasteiger partial charge in [-0.1, -0.05) is 25.3 Å². The zero-order valence-electron chi connectivity index (χ0n) is 10.3. The summed E-state index contributed by atoms with van der Waals surface area (Å²) in [4.78, 5) is 22.6. The van der Waals surface area contributed by atoms with Gasteiger partial charge in [0.05, 0.1) is 12.2 Å². The predicted molar refractivity (Wildman–Crippen MR) is 64.6 cm³/mol. The molecule has 7 nitrogen and oxygen atoms in total. The number of hydrogen-bond donors (Lipinski definition) is 3. The molecule has 18 heavy (non-hydrogen) atoms. The first-order valence-corrected chi connectivity index (χ1v) is 6.02. The predicted octanol–water partition coefficient (Wildman–Crippen LogP) is 0.0109. The number of aromatic nitrogens is 2. The van der Waals surface area contributed by atoms with E-state index in [1.807, 2.05) is 20.8 Å². The van der Waals surface area contributed by atoms with Gasteiger partial charge in [0.2, 0.25) is 0 Å². The molecule has 0 spiro atoms. The standard InChI is InChI=1S/C10H15N3O4S/c1-10(2,3)7-6(18-13-12-7)8(15)11-4-5(14)9(16)17/h5,14H,4H2,1-3H3,(H,11,15)(H,16,17). The Balaban J connectivity index is 2.74. The fourth-order valence-electron chi connectivity index (χ4n) is 1.19. The van der Waals surface area contributed by atoms with Gasteiger partial charge in [0.25, 0.3) is 5.91 Å². The first-order valence-electron chi connectivity index (χ1n) is 5.25. The quantitative estimate of drug-likeness (QED) is 0.712. The Morgan fingerprint density at radius 3 is 2.56 bits per heavy atom. The van der Waals surface area contributed by atoms with Crippen LogP contribution < -0.4 is 5.32 Å². The van der Waals surface area contributed by atoms with Gasteiger partial charge >= 0.3 is 5.97 Å². The van der Waals surface area contributed by atoms with Crippen LogP contribution in [0.3, 0.4) is 0 Å². The van der Waals surface area contributed by atoms with Gasteiger partial charge in [-0.2, -0.15) is 0 Å². The minimum absolute atomic E-state index is 0.328. The van der Waals surface area contributed by atoms with Crippen molar-refractivity contribution in [1.82, 2.24) is 14.9 Å². The topological polar surface area (TPSA) is 112 Å². The van der Waals surface area contributed by atoms with Crippen LogP contribution in [0.15, 0.2) is 0 Å². The van der Waals surface area contributed by atoms with E-state index < -0.39 is 18.0 Å². The Kier molecular flexibility index (Phi) is 4.36. The number of nitrogens with zero attached hydrogens (tertiary/aromatic N) is 2. The molecule has 3 N–H and O–H groups in total. The van der Waals surface area contributed by atoms with Gasteiger partial charge in [-0.25, -0.2) is 4.79 Å². The average molecular weight is 273 g/mol. The number of aliphatic carboxylic acids is 1. The molecular formula is C10H15N3O4S. The second kappa shape index (κ2) is 5.40. The summed E-state index contributed by atoms with van der Waals surface area (Å²) in [5, 5.41) is 23.8. The summed E-state index contributed by atoms with van der Waals surface area (Å²) >= 11 is 0.942. The second-order valence-corrected chi connectivity index (χ2v) is 5.52. The van der Waals surface area contributed by atoms with Crippen molar-refractivity contribution < 1.29 is 19.8 Å². The number of carboxylic acids is 1. The number of rotatable bonds is 4. The van der Waals surface area contributed by atoms with Crippen LogP contribution in [0.5, 0.6) is 0 Å². The summed E-state index contributed by atoms with van der Waals surface area (Å²) in [6.07, 6.45) is -1.62. The molecule has 1 aromatic rings. The second-order valence-electron chi connectivity index (χ2n) is 4.76. The maximum atomic E-state index is 11.8. The fraction of sp³-hybridized carbons (Fsp3) is 0.600. The van der Waals surface area contributed by atoms with Crippen molar-refractivity contribution in [2.45, 2.75) is 32.3 Å². The van der Waals surface area contributed by atoms with Gasteiger partial charge in [0, 0.05) is 5.41 Å². The van der Waals surface area contributed by atoms with Crippen molar-refractivity contribution in [1.29, 1.82) is 0 Å². The molecule has 0 bridgehead atoms. The monoisotopic (exact) mass is 273 g/mol. The third-order valence-corrected chi connectivity index (χ3v) is 2.87. The van der Waals surface area contributed by atoms with E-state index in [1.54, 1.807) is 0 Å². The number of carboxylic acid groups (broad SMARTS) is 1. The Morgan fingerprint density at radius 2 is 2.06 bits per heavy atom. The van der Waals surface area contributed by atoms with Gasteiger partial charge in [0.1, 0.15) is 4.88 Å². The molecule has 1 heterocycles. The van der Waals surface area contributed by atoms with E-state index in [-0.39, 0.29) is 12.0 Å². The number of carbonyl (C=O) groups excluding carboxylic acids is 1. The lowest BCUT2D eigenvalue weighted by Crippen LogP contribution is -2.37. The summed E-state index contributed by atoms with van der Waals surface area (Å²) in [6, 6.07) is 0. The third-order valence-electron chi connectivity index (χ3n) is 2.15. The van der Waals surface area contributed by atoms with Crippen LogP contribution in [0.1, 0.15) is 36.1 Å². The SMILES string of the molecule is CC(C)(C)c1nnsc1C(=O)NCC(O)C(=O)O. The number of nitrogens with one attached hydrogen (secondary N) is 1. The number of carbonyl (C=O) groups is 2. The maximum absolute atomic E-state index is 11.8. The Hall–Kier alpha value is -1.54. The van der Waals surface area contributed by atoms with Gasteiger partial charge < -0.3 is 15.5 Å². The van der Waals surface area contributed by atoms with E-state index in [0.29, 0.717) is 10.6 Å². The normalized spacial score (nSPS) is 13.1. The van der Waals surface area contributed by atoms with E-state index in [4.69, 9.17) is 10.2 Å². The fourth-order valence-corrected chi connectivity index (χ4v) is 1.98. The third kappa shape index (κ3) is 3.47. The highest BCUT2D eigenvalue weighted by atomic mass is 32.1. The molecule has 0 aromatic carbocycles. The highest BCUT2D eigenvalue weighted by Gasteiger charge is 2.26. The molecule has 0 radical (unpaired) electrons. The van der Waals surface area contributed by atoms with Crippen molar-refractivity contribution in [2.24, 2.45) is 0 Å². The van der Waals surface area contributed by atoms with Gasteiger partial charge in [-0.05, 0) is 11.5 Å². The minimum atomic E-state index is -1.62. The highest BCUT2D eigenvalue weighted by Crippen LogP contribution is 2.25. The molecule has 1 aromatic heterocycles. The summed E-state index contributed by atoms with van der Waals surface area (Å²) in [5.74, 6) is -1.86. The van der Waals surface area contributed by atoms with Crippen LogP contribution in [-0.4, -0.2) is 44.3 Å². The van der Waals surface area contributed by atoms with E-state index in [0.717, 1.165) is 11.5 Å². The van der Waals surface area contributed by atoms with Gasteiger partial charge in [-0.15, -0.1) is 5.10 Å². The molecule has 1 atom stereocenters. The molecular weight excluding hydrogens is 258 g/mol. The van der Waals surface area contributed by atoms with Crippen molar-refractivity contribution in [3.05, 3.63) is 10.6 Å². The summed E-state index contributed by atoms with van der Waals surface area (Å²) in [7, 11) is 0. The molecule has 8 heteroatoms. The number of aliphatic hydroxyl groups excluding tert-OH is 1. The van der Waals surface area contributed by atoms with E-state index in [1.165, 1.54) is 0 Å². The maximum Gasteiger partial charge on any atom is 0.334 e. The lowest BCUT2D eigenvalue weighted by Gasteiger charge is -2.16. The summed E-state index contributed by atoms with van der Waals surface area (Å²) in [6.45, 7) is 5.33. The lowest BCUT2D eigenvalue weighted by atomic mass is 9.91. The van der Waals surface area contributed by atoms with Crippen molar-refractivity contribution >= 4 is 23.4 Å². The van der Waals surface area contributed by atoms with Crippen molar-refractivity contribution in [3.63, 3.8) is 0 Å². The highest BCUT2D eigenvalue weighted by molar-refractivity contribution is 7.08. The zero-order valence-corrected chi connectivity index (χ0v) is 11.1. The van der Waals surface area contributed by atoms with Gasteiger partial charge in [-0.3, -0.25) is 4.79 Å². The molecule has 0 aliphatic carbocycles. The first kappa shape index (κ1) is 14.5. The van der Waals surface area contributed by atoms with Crippen molar-refractivity contribution in [2.75, 3.05) is 6.54 Å². The molecule has 1 rings (SSSR count). The first-order chi connectivity index (χ1) is 8.23. The Labute approximate surface area is 108 Å². The van der Waals surface area contributed by atoms with Crippen LogP contribution >= 0.6 is 11.5 Å². The molecule has 0 saturated heterocycles. The molecule has 1 amide bonds. The number of aliphatic hydroxyl groups is 1. The molecule has 0 fully saturated rings. The van der Waals surface area contributed by atoms with Gasteiger partial charge in [0.15, 0.2) is 6.10 Å². The van der Waals surface area contributed by atoms with Crippen LogP contribution in [0.4, 0.5) is 0 Å². The number of amides is 1. The Morgan fingerprint density at radius 1 is 1.44 bits per heavy atom. The molecule has 0 aliphatic rings. The lowest BCUT2D eigenvalue weighted by molar-refractivity contribution is -0.146.